The first-order valence-corrected chi connectivity index (χ1v) is 6.64. The average Bonchev–Trinajstić information content (AvgIpc) is 2.45. The van der Waals surface area contributed by atoms with Crippen molar-refractivity contribution in [3.63, 3.8) is 0 Å². The third-order valence-corrected chi connectivity index (χ3v) is 3.35. The maximum atomic E-state index is 13.3. The summed E-state index contributed by atoms with van der Waals surface area (Å²) >= 11 is 3.13. The van der Waals surface area contributed by atoms with Gasteiger partial charge in [-0.25, -0.2) is 9.18 Å². The smallest absolute Gasteiger partial charge is 0.336 e. The van der Waals surface area contributed by atoms with Crippen LogP contribution in [0.25, 0.3) is 0 Å². The SMILES string of the molecule is N#Cc1cc(F)cc(COc2ccc(Br)c(C(=O)O)c2)c1. The summed E-state index contributed by atoms with van der Waals surface area (Å²) in [6, 6.07) is 10.3. The fourth-order valence-corrected chi connectivity index (χ4v) is 2.14. The number of hydrogen-bond donors (Lipinski definition) is 1. The number of nitriles is 1. The van der Waals surface area contributed by atoms with Gasteiger partial charge in [0.1, 0.15) is 18.2 Å². The van der Waals surface area contributed by atoms with Gasteiger partial charge in [0.25, 0.3) is 0 Å². The molecule has 0 bridgehead atoms. The van der Waals surface area contributed by atoms with Crippen LogP contribution < -0.4 is 4.74 Å². The van der Waals surface area contributed by atoms with Crippen LogP contribution in [0.4, 0.5) is 4.39 Å². The Labute approximate surface area is 128 Å². The molecule has 0 atom stereocenters. The zero-order valence-electron chi connectivity index (χ0n) is 10.6. The maximum Gasteiger partial charge on any atom is 0.336 e. The molecule has 2 aromatic carbocycles. The second kappa shape index (κ2) is 6.37. The molecule has 0 aromatic heterocycles. The number of carbonyl (C=O) groups is 1. The fraction of sp³-hybridized carbons (Fsp3) is 0.0667. The number of carboxylic acid groups (broad SMARTS) is 1. The lowest BCUT2D eigenvalue weighted by Gasteiger charge is -2.08. The third-order valence-electron chi connectivity index (χ3n) is 2.66. The van der Waals surface area contributed by atoms with Gasteiger partial charge in [0.2, 0.25) is 0 Å². The number of halogens is 2. The van der Waals surface area contributed by atoms with Crippen molar-refractivity contribution in [2.75, 3.05) is 0 Å². The summed E-state index contributed by atoms with van der Waals surface area (Å²) in [4.78, 5) is 11.0. The number of nitrogens with zero attached hydrogens (tertiary/aromatic N) is 1. The molecule has 1 N–H and O–H groups in total. The maximum absolute atomic E-state index is 13.3. The first kappa shape index (κ1) is 15.0. The molecule has 21 heavy (non-hydrogen) atoms. The van der Waals surface area contributed by atoms with Gasteiger partial charge in [-0.3, -0.25) is 0 Å². The van der Waals surface area contributed by atoms with Crippen molar-refractivity contribution in [2.45, 2.75) is 6.61 Å². The molecule has 4 nitrogen and oxygen atoms in total. The number of hydrogen-bond acceptors (Lipinski definition) is 3. The summed E-state index contributed by atoms with van der Waals surface area (Å²) in [5.74, 6) is -1.25. The van der Waals surface area contributed by atoms with Crippen molar-refractivity contribution in [3.8, 4) is 11.8 Å². The highest BCUT2D eigenvalue weighted by Crippen LogP contribution is 2.23. The van der Waals surface area contributed by atoms with E-state index in [9.17, 15) is 9.18 Å². The number of carboxylic acids is 1. The summed E-state index contributed by atoms with van der Waals surface area (Å²) in [5, 5.41) is 17.8. The Balaban J connectivity index is 2.17. The lowest BCUT2D eigenvalue weighted by molar-refractivity contribution is 0.0695. The van der Waals surface area contributed by atoms with E-state index < -0.39 is 11.8 Å². The molecule has 0 radical (unpaired) electrons. The molecule has 0 saturated heterocycles. The van der Waals surface area contributed by atoms with E-state index in [2.05, 4.69) is 15.9 Å². The molecule has 0 aliphatic rings. The van der Waals surface area contributed by atoms with Crippen LogP contribution in [0.5, 0.6) is 5.75 Å². The standard InChI is InChI=1S/C15H9BrFNO3/c16-14-2-1-12(6-13(14)15(19)20)21-8-10-3-9(7-18)4-11(17)5-10/h1-6H,8H2,(H,19,20). The van der Waals surface area contributed by atoms with Gasteiger partial charge in [0.15, 0.2) is 0 Å². The second-order valence-electron chi connectivity index (χ2n) is 4.20. The monoisotopic (exact) mass is 349 g/mol. The highest BCUT2D eigenvalue weighted by molar-refractivity contribution is 9.10. The molecular formula is C15H9BrFNO3. The largest absolute Gasteiger partial charge is 0.489 e. The van der Waals surface area contributed by atoms with Gasteiger partial charge in [-0.05, 0) is 57.9 Å². The van der Waals surface area contributed by atoms with Gasteiger partial charge in [0.05, 0.1) is 17.2 Å². The molecule has 106 valence electrons. The molecule has 0 unspecified atom stereocenters. The molecule has 2 aromatic rings. The summed E-state index contributed by atoms with van der Waals surface area (Å²) in [5.41, 5.74) is 0.770. The average molecular weight is 350 g/mol. The van der Waals surface area contributed by atoms with E-state index in [0.29, 0.717) is 15.8 Å². The van der Waals surface area contributed by atoms with E-state index in [4.69, 9.17) is 15.1 Å². The predicted octanol–water partition coefficient (Wildman–Crippen LogP) is 3.74. The normalized spacial score (nSPS) is 9.95. The Morgan fingerprint density at radius 2 is 2.10 bits per heavy atom. The summed E-state index contributed by atoms with van der Waals surface area (Å²) in [6.45, 7) is 0.0349. The predicted molar refractivity (Wildman–Crippen MR) is 76.5 cm³/mol. The van der Waals surface area contributed by atoms with Crippen LogP contribution in [-0.2, 0) is 6.61 Å². The molecule has 2 rings (SSSR count). The van der Waals surface area contributed by atoms with Gasteiger partial charge in [-0.1, -0.05) is 0 Å². The molecule has 0 saturated carbocycles. The third kappa shape index (κ3) is 3.80. The summed E-state index contributed by atoms with van der Waals surface area (Å²) in [6.07, 6.45) is 0. The molecule has 0 heterocycles. The quantitative estimate of drug-likeness (QED) is 0.912. The van der Waals surface area contributed by atoms with Crippen LogP contribution in [-0.4, -0.2) is 11.1 Å². The fourth-order valence-electron chi connectivity index (χ4n) is 1.72. The topological polar surface area (TPSA) is 70.3 Å². The number of benzene rings is 2. The molecule has 0 amide bonds. The highest BCUT2D eigenvalue weighted by atomic mass is 79.9. The van der Waals surface area contributed by atoms with E-state index in [-0.39, 0.29) is 17.7 Å². The molecule has 0 fully saturated rings. The lowest BCUT2D eigenvalue weighted by atomic mass is 10.1. The van der Waals surface area contributed by atoms with Crippen molar-refractivity contribution in [1.82, 2.24) is 0 Å². The van der Waals surface area contributed by atoms with Gasteiger partial charge in [-0.15, -0.1) is 0 Å². The molecule has 6 heteroatoms. The van der Waals surface area contributed by atoms with Gasteiger partial charge in [0, 0.05) is 4.47 Å². The molecule has 0 aliphatic carbocycles. The first-order valence-electron chi connectivity index (χ1n) is 5.85. The zero-order valence-corrected chi connectivity index (χ0v) is 12.2. The van der Waals surface area contributed by atoms with Crippen LogP contribution in [0.1, 0.15) is 21.5 Å². The Kier molecular flexibility index (Phi) is 4.55. The number of ether oxygens (including phenoxy) is 1. The molecular weight excluding hydrogens is 341 g/mol. The van der Waals surface area contributed by atoms with Gasteiger partial charge in [-0.2, -0.15) is 5.26 Å². The Morgan fingerprint density at radius 1 is 1.33 bits per heavy atom. The highest BCUT2D eigenvalue weighted by Gasteiger charge is 2.10. The Hall–Kier alpha value is -2.39. The molecule has 0 spiro atoms. The van der Waals surface area contributed by atoms with Crippen molar-refractivity contribution >= 4 is 21.9 Å². The molecule has 0 aliphatic heterocycles. The van der Waals surface area contributed by atoms with Crippen LogP contribution >= 0.6 is 15.9 Å². The van der Waals surface area contributed by atoms with Gasteiger partial charge < -0.3 is 9.84 Å². The minimum Gasteiger partial charge on any atom is -0.489 e. The zero-order chi connectivity index (χ0) is 15.4. The van der Waals surface area contributed by atoms with E-state index in [1.165, 1.54) is 18.2 Å². The summed E-state index contributed by atoms with van der Waals surface area (Å²) < 4.78 is 19.1. The van der Waals surface area contributed by atoms with E-state index in [1.54, 1.807) is 12.1 Å². The first-order chi connectivity index (χ1) is 9.99. The Morgan fingerprint density at radius 3 is 2.76 bits per heavy atom. The van der Waals surface area contributed by atoms with Crippen molar-refractivity contribution in [3.05, 3.63) is 63.4 Å². The van der Waals surface area contributed by atoms with Crippen LogP contribution in [0.15, 0.2) is 40.9 Å². The van der Waals surface area contributed by atoms with E-state index >= 15 is 0 Å². The Bertz CT molecular complexity index is 740. The number of aromatic carboxylic acids is 1. The van der Waals surface area contributed by atoms with Crippen molar-refractivity contribution < 1.29 is 19.0 Å². The van der Waals surface area contributed by atoms with Crippen LogP contribution in [0.3, 0.4) is 0 Å². The van der Waals surface area contributed by atoms with Gasteiger partial charge >= 0.3 is 5.97 Å². The van der Waals surface area contributed by atoms with Crippen molar-refractivity contribution in [2.24, 2.45) is 0 Å². The van der Waals surface area contributed by atoms with Crippen LogP contribution in [0.2, 0.25) is 0 Å². The lowest BCUT2D eigenvalue weighted by Crippen LogP contribution is -2.01. The van der Waals surface area contributed by atoms with Crippen molar-refractivity contribution in [1.29, 1.82) is 5.26 Å². The summed E-state index contributed by atoms with van der Waals surface area (Å²) in [7, 11) is 0. The minimum absolute atomic E-state index is 0.0349. The van der Waals surface area contributed by atoms with E-state index in [1.807, 2.05) is 6.07 Å². The minimum atomic E-state index is -1.08. The van der Waals surface area contributed by atoms with Crippen LogP contribution in [0, 0.1) is 17.1 Å². The second-order valence-corrected chi connectivity index (χ2v) is 5.05. The number of rotatable bonds is 4. The van der Waals surface area contributed by atoms with E-state index in [0.717, 1.165) is 6.07 Å².